The number of alkyl halides is 3. The van der Waals surface area contributed by atoms with Crippen molar-refractivity contribution in [1.82, 2.24) is 30.2 Å². The molecule has 49 heavy (non-hydrogen) atoms. The highest BCUT2D eigenvalue weighted by Gasteiger charge is 2.37. The first kappa shape index (κ1) is 35.3. The molecule has 3 aromatic heterocycles. The summed E-state index contributed by atoms with van der Waals surface area (Å²) in [7, 11) is 1.50. The molecule has 5 rings (SSSR count). The van der Waals surface area contributed by atoms with Crippen molar-refractivity contribution in [3.8, 4) is 23.0 Å². The topological polar surface area (TPSA) is 137 Å². The Morgan fingerprint density at radius 2 is 1.73 bits per heavy atom. The minimum atomic E-state index is -4.65. The maximum absolute atomic E-state index is 13.8. The van der Waals surface area contributed by atoms with Crippen molar-refractivity contribution in [1.29, 1.82) is 0 Å². The SMILES string of the molecule is CCC[C@@H](CCCCNc1ncc(C(F)(F)F)c(OC2COC2)n1)N(C(=O)NCc1ccccc1)c1ccc(-c2cnc(OC)nc2)cn1. The molecule has 0 bridgehead atoms. The lowest BCUT2D eigenvalue weighted by molar-refractivity contribution is -0.142. The van der Waals surface area contributed by atoms with Crippen molar-refractivity contribution in [2.45, 2.75) is 63.9 Å². The van der Waals surface area contributed by atoms with Crippen LogP contribution in [-0.2, 0) is 17.5 Å². The number of rotatable bonds is 16. The van der Waals surface area contributed by atoms with E-state index in [1.165, 1.54) is 7.11 Å². The Balaban J connectivity index is 1.25. The van der Waals surface area contributed by atoms with E-state index in [0.717, 1.165) is 35.7 Å². The van der Waals surface area contributed by atoms with Crippen molar-refractivity contribution in [3.63, 3.8) is 0 Å². The molecule has 1 aliphatic rings. The monoisotopic (exact) mass is 680 g/mol. The lowest BCUT2D eigenvalue weighted by atomic mass is 10.0. The molecule has 4 heterocycles. The quantitative estimate of drug-likeness (QED) is 0.130. The number of methoxy groups -OCH3 is 1. The number of hydrogen-bond donors (Lipinski definition) is 2. The fraction of sp³-hybridized carbons (Fsp3) is 0.412. The zero-order chi connectivity index (χ0) is 34.6. The molecular formula is C34H39F3N8O4. The summed E-state index contributed by atoms with van der Waals surface area (Å²) in [6.07, 6.45) is 4.18. The van der Waals surface area contributed by atoms with Gasteiger partial charge in [-0.05, 0) is 43.4 Å². The van der Waals surface area contributed by atoms with Crippen molar-refractivity contribution < 1.29 is 32.2 Å². The van der Waals surface area contributed by atoms with Gasteiger partial charge in [0.25, 0.3) is 0 Å². The first-order chi connectivity index (χ1) is 23.7. The van der Waals surface area contributed by atoms with Crippen LogP contribution in [0.1, 0.15) is 50.2 Å². The van der Waals surface area contributed by atoms with Crippen molar-refractivity contribution >= 4 is 17.8 Å². The van der Waals surface area contributed by atoms with E-state index in [1.54, 1.807) is 23.5 Å². The second-order valence-corrected chi connectivity index (χ2v) is 11.4. The first-order valence-corrected chi connectivity index (χ1v) is 16.1. The van der Waals surface area contributed by atoms with Crippen molar-refractivity contribution in [2.75, 3.05) is 37.1 Å². The van der Waals surface area contributed by atoms with Gasteiger partial charge in [0.15, 0.2) is 0 Å². The van der Waals surface area contributed by atoms with Gasteiger partial charge < -0.3 is 24.8 Å². The number of ether oxygens (including phenoxy) is 3. The number of halogens is 3. The predicted octanol–water partition coefficient (Wildman–Crippen LogP) is 6.30. The van der Waals surface area contributed by atoms with Crippen LogP contribution in [0.3, 0.4) is 0 Å². The van der Waals surface area contributed by atoms with E-state index in [9.17, 15) is 18.0 Å². The van der Waals surface area contributed by atoms with Crippen LogP contribution in [-0.4, -0.2) is 70.0 Å². The number of carbonyl (C=O) groups excluding carboxylic acids is 1. The van der Waals surface area contributed by atoms with E-state index in [2.05, 4.69) is 42.5 Å². The largest absolute Gasteiger partial charge is 0.469 e. The third kappa shape index (κ3) is 9.75. The Bertz CT molecular complexity index is 1630. The number of nitrogens with one attached hydrogen (secondary N) is 2. The number of pyridine rings is 1. The zero-order valence-electron chi connectivity index (χ0n) is 27.3. The number of hydrogen-bond acceptors (Lipinski definition) is 10. The van der Waals surface area contributed by atoms with Crippen LogP contribution in [0.15, 0.2) is 67.3 Å². The van der Waals surface area contributed by atoms with E-state index in [0.29, 0.717) is 38.2 Å². The number of anilines is 2. The number of benzene rings is 1. The summed E-state index contributed by atoms with van der Waals surface area (Å²) in [5.41, 5.74) is 1.48. The molecule has 260 valence electrons. The number of nitrogens with zero attached hydrogens (tertiary/aromatic N) is 6. The van der Waals surface area contributed by atoms with Gasteiger partial charge in [-0.2, -0.15) is 18.2 Å². The van der Waals surface area contributed by atoms with Crippen molar-refractivity contribution in [2.24, 2.45) is 0 Å². The Morgan fingerprint density at radius 3 is 2.37 bits per heavy atom. The molecule has 1 aliphatic heterocycles. The molecule has 12 nitrogen and oxygen atoms in total. The Labute approximate surface area is 282 Å². The lowest BCUT2D eigenvalue weighted by Crippen LogP contribution is -2.46. The van der Waals surface area contributed by atoms with Gasteiger partial charge in [0.05, 0.1) is 20.3 Å². The molecule has 15 heteroatoms. The van der Waals surface area contributed by atoms with Crippen LogP contribution >= 0.6 is 0 Å². The molecule has 0 aliphatic carbocycles. The molecule has 2 amide bonds. The summed E-state index contributed by atoms with van der Waals surface area (Å²) < 4.78 is 55.9. The number of unbranched alkanes of at least 4 members (excludes halogenated alkanes) is 1. The van der Waals surface area contributed by atoms with Gasteiger partial charge in [-0.25, -0.2) is 24.7 Å². The molecule has 0 radical (unpaired) electrons. The second kappa shape index (κ2) is 16.9. The maximum atomic E-state index is 13.8. The van der Waals surface area contributed by atoms with Gasteiger partial charge in [0.2, 0.25) is 11.8 Å². The van der Waals surface area contributed by atoms with Crippen molar-refractivity contribution in [3.05, 3.63) is 78.4 Å². The summed E-state index contributed by atoms with van der Waals surface area (Å²) in [5.74, 6) is 0.0289. The van der Waals surface area contributed by atoms with E-state index in [-0.39, 0.29) is 37.2 Å². The van der Waals surface area contributed by atoms with Gasteiger partial charge in [0, 0.05) is 55.0 Å². The minimum Gasteiger partial charge on any atom is -0.469 e. The fourth-order valence-electron chi connectivity index (χ4n) is 5.20. The number of urea groups is 1. The zero-order valence-corrected chi connectivity index (χ0v) is 27.3. The number of carbonyl (C=O) groups is 1. The molecule has 1 aromatic carbocycles. The number of aromatic nitrogens is 5. The van der Waals surface area contributed by atoms with E-state index in [4.69, 9.17) is 14.2 Å². The smallest absolute Gasteiger partial charge is 0.423 e. The molecule has 0 saturated carbocycles. The summed E-state index contributed by atoms with van der Waals surface area (Å²) >= 11 is 0. The maximum Gasteiger partial charge on any atom is 0.423 e. The van der Waals surface area contributed by atoms with E-state index >= 15 is 0 Å². The summed E-state index contributed by atoms with van der Waals surface area (Å²) in [6, 6.07) is 13.2. The molecule has 0 unspecified atom stereocenters. The van der Waals surface area contributed by atoms with Gasteiger partial charge >= 0.3 is 18.2 Å². The highest BCUT2D eigenvalue weighted by Crippen LogP contribution is 2.36. The predicted molar refractivity (Wildman–Crippen MR) is 176 cm³/mol. The highest BCUT2D eigenvalue weighted by atomic mass is 19.4. The normalized spacial score (nSPS) is 13.7. The average Bonchev–Trinajstić information content (AvgIpc) is 3.09. The van der Waals surface area contributed by atoms with Crippen LogP contribution in [0.2, 0.25) is 0 Å². The van der Waals surface area contributed by atoms with E-state index in [1.807, 2.05) is 42.5 Å². The van der Waals surface area contributed by atoms with Crippen LogP contribution in [0.25, 0.3) is 11.1 Å². The molecule has 4 aromatic rings. The van der Waals surface area contributed by atoms with Crippen LogP contribution in [0.4, 0.5) is 29.7 Å². The Morgan fingerprint density at radius 1 is 0.980 bits per heavy atom. The van der Waals surface area contributed by atoms with Gasteiger partial charge in [-0.1, -0.05) is 43.7 Å². The second-order valence-electron chi connectivity index (χ2n) is 11.4. The van der Waals surface area contributed by atoms with E-state index < -0.39 is 23.7 Å². The third-order valence-corrected chi connectivity index (χ3v) is 7.82. The Hall–Kier alpha value is -5.05. The molecular weight excluding hydrogens is 641 g/mol. The summed E-state index contributed by atoms with van der Waals surface area (Å²) in [5, 5.41) is 6.05. The highest BCUT2D eigenvalue weighted by molar-refractivity contribution is 5.91. The van der Waals surface area contributed by atoms with Crippen LogP contribution in [0, 0.1) is 0 Å². The van der Waals surface area contributed by atoms with Crippen LogP contribution < -0.4 is 25.0 Å². The summed E-state index contributed by atoms with van der Waals surface area (Å²) in [4.78, 5) is 36.3. The molecule has 2 N–H and O–H groups in total. The lowest BCUT2D eigenvalue weighted by Gasteiger charge is -2.31. The van der Waals surface area contributed by atoms with Gasteiger partial charge in [-0.3, -0.25) is 4.90 Å². The molecule has 1 saturated heterocycles. The Kier molecular flexibility index (Phi) is 12.1. The fourth-order valence-corrected chi connectivity index (χ4v) is 5.20. The standard InChI is InChI=1S/C34H39F3N8O4/c1-3-9-26(12-7-8-15-38-31-40-20-28(34(35,36)37)30(44-31)49-27-21-48-22-27)45(33(46)43-16-23-10-5-4-6-11-23)29-14-13-24(17-39-29)25-18-41-32(47-2)42-19-25/h4-6,10-11,13-14,17-20,26-27H,3,7-9,12,15-16,21-22H2,1-2H3,(H,43,46)(H,38,40,44)/t26-/m0/s1. The molecule has 0 spiro atoms. The van der Waals surface area contributed by atoms with Gasteiger partial charge in [0.1, 0.15) is 17.5 Å². The third-order valence-electron chi connectivity index (χ3n) is 7.82. The van der Waals surface area contributed by atoms with Gasteiger partial charge in [-0.15, -0.1) is 0 Å². The summed E-state index contributed by atoms with van der Waals surface area (Å²) in [6.45, 7) is 3.25. The molecule has 1 fully saturated rings. The molecule has 1 atom stereocenters. The van der Waals surface area contributed by atoms with Crippen LogP contribution in [0.5, 0.6) is 11.9 Å². The minimum absolute atomic E-state index is 0.0433. The average molecular weight is 681 g/mol. The first-order valence-electron chi connectivity index (χ1n) is 16.1. The number of amides is 2.